The van der Waals surface area contributed by atoms with Crippen LogP contribution in [0, 0.1) is 0 Å². The van der Waals surface area contributed by atoms with E-state index in [4.69, 9.17) is 0 Å². The minimum atomic E-state index is -0.0129. The highest BCUT2D eigenvalue weighted by Gasteiger charge is 2.04. The lowest BCUT2D eigenvalue weighted by Crippen LogP contribution is -2.14. The van der Waals surface area contributed by atoms with E-state index in [0.29, 0.717) is 5.75 Å². The average Bonchev–Trinajstić information content (AvgIpc) is 3.11. The molecule has 0 aliphatic carbocycles. The summed E-state index contributed by atoms with van der Waals surface area (Å²) in [6.07, 6.45) is 1.52. The Kier molecular flexibility index (Phi) is 5.00. The molecule has 1 amide bonds. The molecule has 2 aromatic carbocycles. The lowest BCUT2D eigenvalue weighted by molar-refractivity contribution is -0.113. The highest BCUT2D eigenvalue weighted by molar-refractivity contribution is 7.99. The maximum absolute atomic E-state index is 11.9. The van der Waals surface area contributed by atoms with Crippen LogP contribution in [0.15, 0.2) is 60.9 Å². The van der Waals surface area contributed by atoms with E-state index < -0.39 is 0 Å². The standard InChI is InChI=1S/C16H15N5OS/c22-16(11-23-10-13-4-2-1-3-5-13)18-14-6-8-15(9-7-14)21-12-17-19-20-21/h1-9,12H,10-11H2,(H,18,22). The summed E-state index contributed by atoms with van der Waals surface area (Å²) in [7, 11) is 0. The molecule has 0 aliphatic rings. The molecule has 0 saturated carbocycles. The van der Waals surface area contributed by atoms with Crippen LogP contribution in [0.2, 0.25) is 0 Å². The van der Waals surface area contributed by atoms with Crippen molar-refractivity contribution in [2.45, 2.75) is 5.75 Å². The molecular formula is C16H15N5OS. The summed E-state index contributed by atoms with van der Waals surface area (Å²) in [6, 6.07) is 17.5. The van der Waals surface area contributed by atoms with Crippen LogP contribution in [0.5, 0.6) is 0 Å². The van der Waals surface area contributed by atoms with Gasteiger partial charge in [-0.3, -0.25) is 4.79 Å². The number of benzene rings is 2. The molecule has 3 rings (SSSR count). The monoisotopic (exact) mass is 325 g/mol. The number of carbonyl (C=O) groups is 1. The number of hydrogen-bond donors (Lipinski definition) is 1. The van der Waals surface area contributed by atoms with E-state index in [-0.39, 0.29) is 5.91 Å². The Labute approximate surface area is 137 Å². The number of amides is 1. The van der Waals surface area contributed by atoms with Gasteiger partial charge in [-0.15, -0.1) is 16.9 Å². The van der Waals surface area contributed by atoms with Crippen LogP contribution in [0.25, 0.3) is 5.69 Å². The quantitative estimate of drug-likeness (QED) is 0.754. The maximum atomic E-state index is 11.9. The number of nitrogens with one attached hydrogen (secondary N) is 1. The first-order chi connectivity index (χ1) is 11.3. The fraction of sp³-hybridized carbons (Fsp3) is 0.125. The minimum Gasteiger partial charge on any atom is -0.325 e. The van der Waals surface area contributed by atoms with Crippen molar-refractivity contribution in [1.29, 1.82) is 0 Å². The number of nitrogens with zero attached hydrogens (tertiary/aromatic N) is 4. The van der Waals surface area contributed by atoms with Gasteiger partial charge < -0.3 is 5.32 Å². The van der Waals surface area contributed by atoms with Crippen LogP contribution in [0.4, 0.5) is 5.69 Å². The van der Waals surface area contributed by atoms with Crippen molar-refractivity contribution >= 4 is 23.4 Å². The Hall–Kier alpha value is -2.67. The lowest BCUT2D eigenvalue weighted by atomic mass is 10.2. The van der Waals surface area contributed by atoms with Gasteiger partial charge in [0.1, 0.15) is 6.33 Å². The van der Waals surface area contributed by atoms with Crippen molar-refractivity contribution in [2.24, 2.45) is 0 Å². The molecule has 0 bridgehead atoms. The molecule has 0 aliphatic heterocycles. The topological polar surface area (TPSA) is 72.7 Å². The molecule has 0 fully saturated rings. The first-order valence-electron chi connectivity index (χ1n) is 7.06. The zero-order chi connectivity index (χ0) is 15.9. The fourth-order valence-corrected chi connectivity index (χ4v) is 2.80. The lowest BCUT2D eigenvalue weighted by Gasteiger charge is -2.06. The molecule has 0 radical (unpaired) electrons. The average molecular weight is 325 g/mol. The first-order valence-corrected chi connectivity index (χ1v) is 8.22. The van der Waals surface area contributed by atoms with Crippen LogP contribution in [0.1, 0.15) is 5.56 Å². The second kappa shape index (κ2) is 7.55. The van der Waals surface area contributed by atoms with Gasteiger partial charge in [0.15, 0.2) is 0 Å². The predicted octanol–water partition coefficient (Wildman–Crippen LogP) is 2.53. The van der Waals surface area contributed by atoms with Crippen molar-refractivity contribution < 1.29 is 4.79 Å². The van der Waals surface area contributed by atoms with E-state index >= 15 is 0 Å². The minimum absolute atomic E-state index is 0.0129. The molecule has 0 saturated heterocycles. The molecule has 1 aromatic heterocycles. The van der Waals surface area contributed by atoms with Gasteiger partial charge in [0.05, 0.1) is 11.4 Å². The summed E-state index contributed by atoms with van der Waals surface area (Å²) in [5.74, 6) is 1.23. The summed E-state index contributed by atoms with van der Waals surface area (Å²) in [4.78, 5) is 11.9. The molecule has 0 spiro atoms. The van der Waals surface area contributed by atoms with Crippen LogP contribution < -0.4 is 5.32 Å². The van der Waals surface area contributed by atoms with Gasteiger partial charge in [-0.05, 0) is 40.3 Å². The second-order valence-electron chi connectivity index (χ2n) is 4.83. The van der Waals surface area contributed by atoms with E-state index in [0.717, 1.165) is 17.1 Å². The molecular weight excluding hydrogens is 310 g/mol. The molecule has 1 heterocycles. The summed E-state index contributed by atoms with van der Waals surface area (Å²) in [5.41, 5.74) is 2.81. The van der Waals surface area contributed by atoms with E-state index in [2.05, 4.69) is 33.0 Å². The highest BCUT2D eigenvalue weighted by atomic mass is 32.2. The number of tetrazole rings is 1. The SMILES string of the molecule is O=C(CSCc1ccccc1)Nc1ccc(-n2cnnn2)cc1. The van der Waals surface area contributed by atoms with E-state index in [1.165, 1.54) is 11.9 Å². The van der Waals surface area contributed by atoms with Gasteiger partial charge in [-0.2, -0.15) is 0 Å². The van der Waals surface area contributed by atoms with E-state index in [9.17, 15) is 4.79 Å². The molecule has 7 heteroatoms. The van der Waals surface area contributed by atoms with Crippen LogP contribution in [-0.4, -0.2) is 31.9 Å². The summed E-state index contributed by atoms with van der Waals surface area (Å²) >= 11 is 1.59. The smallest absolute Gasteiger partial charge is 0.234 e. The second-order valence-corrected chi connectivity index (χ2v) is 5.81. The van der Waals surface area contributed by atoms with Gasteiger partial charge in [-0.25, -0.2) is 4.68 Å². The Bertz CT molecular complexity index is 744. The molecule has 0 atom stereocenters. The van der Waals surface area contributed by atoms with Gasteiger partial charge in [0.25, 0.3) is 0 Å². The van der Waals surface area contributed by atoms with E-state index in [1.807, 2.05) is 42.5 Å². The van der Waals surface area contributed by atoms with Crippen molar-refractivity contribution in [2.75, 3.05) is 11.1 Å². The zero-order valence-corrected chi connectivity index (χ0v) is 13.1. The number of hydrogen-bond acceptors (Lipinski definition) is 5. The number of anilines is 1. The van der Waals surface area contributed by atoms with E-state index in [1.54, 1.807) is 16.4 Å². The Morgan fingerprint density at radius 1 is 1.09 bits per heavy atom. The van der Waals surface area contributed by atoms with Crippen LogP contribution >= 0.6 is 11.8 Å². The first kappa shape index (κ1) is 15.2. The Morgan fingerprint density at radius 2 is 1.87 bits per heavy atom. The predicted molar refractivity (Wildman–Crippen MR) is 90.4 cm³/mol. The number of rotatable bonds is 6. The van der Waals surface area contributed by atoms with Gasteiger partial charge in [0, 0.05) is 11.4 Å². The third-order valence-electron chi connectivity index (χ3n) is 3.11. The number of carbonyl (C=O) groups excluding carboxylic acids is 1. The third kappa shape index (κ3) is 4.40. The third-order valence-corrected chi connectivity index (χ3v) is 4.11. The van der Waals surface area contributed by atoms with Gasteiger partial charge >= 0.3 is 0 Å². The largest absolute Gasteiger partial charge is 0.325 e. The molecule has 0 unspecified atom stereocenters. The fourth-order valence-electron chi connectivity index (χ4n) is 2.01. The number of thioether (sulfide) groups is 1. The molecule has 23 heavy (non-hydrogen) atoms. The molecule has 3 aromatic rings. The van der Waals surface area contributed by atoms with Gasteiger partial charge in [-0.1, -0.05) is 30.3 Å². The Morgan fingerprint density at radius 3 is 2.57 bits per heavy atom. The van der Waals surface area contributed by atoms with Crippen LogP contribution in [-0.2, 0) is 10.5 Å². The zero-order valence-electron chi connectivity index (χ0n) is 12.3. The van der Waals surface area contributed by atoms with Crippen molar-refractivity contribution in [3.63, 3.8) is 0 Å². The maximum Gasteiger partial charge on any atom is 0.234 e. The van der Waals surface area contributed by atoms with Crippen molar-refractivity contribution in [1.82, 2.24) is 20.2 Å². The molecule has 6 nitrogen and oxygen atoms in total. The molecule has 116 valence electrons. The normalized spacial score (nSPS) is 10.4. The Balaban J connectivity index is 1.48. The molecule has 1 N–H and O–H groups in total. The van der Waals surface area contributed by atoms with Crippen molar-refractivity contribution in [3.8, 4) is 5.69 Å². The van der Waals surface area contributed by atoms with Crippen LogP contribution in [0.3, 0.4) is 0 Å². The summed E-state index contributed by atoms with van der Waals surface area (Å²) in [5, 5.41) is 13.9. The number of aromatic nitrogens is 4. The highest BCUT2D eigenvalue weighted by Crippen LogP contribution is 2.14. The van der Waals surface area contributed by atoms with Gasteiger partial charge in [0.2, 0.25) is 5.91 Å². The summed E-state index contributed by atoms with van der Waals surface area (Å²) < 4.78 is 1.56. The van der Waals surface area contributed by atoms with Crippen molar-refractivity contribution in [3.05, 3.63) is 66.5 Å². The summed E-state index contributed by atoms with van der Waals surface area (Å²) in [6.45, 7) is 0.